The summed E-state index contributed by atoms with van der Waals surface area (Å²) in [5.41, 5.74) is 1.51. The maximum Gasteiger partial charge on any atom is 0.258 e. The molecule has 0 saturated heterocycles. The molecule has 0 spiro atoms. The summed E-state index contributed by atoms with van der Waals surface area (Å²) in [7, 11) is -0.466. The topological polar surface area (TPSA) is 103 Å². The number of carbonyl (C=O) groups is 1. The summed E-state index contributed by atoms with van der Waals surface area (Å²) in [5.74, 6) is 1.37. The van der Waals surface area contributed by atoms with E-state index in [2.05, 4.69) is 10.0 Å². The molecule has 8 nitrogen and oxygen atoms in total. The normalized spacial score (nSPS) is 15.4. The molecule has 9 heteroatoms. The first-order chi connectivity index (χ1) is 16.2. The van der Waals surface area contributed by atoms with E-state index in [1.807, 2.05) is 19.1 Å². The van der Waals surface area contributed by atoms with Crippen molar-refractivity contribution in [3.05, 3.63) is 47.5 Å². The number of nitrogens with one attached hydrogen (secondary N) is 2. The zero-order valence-electron chi connectivity index (χ0n) is 20.2. The largest absolute Gasteiger partial charge is 0.493 e. The van der Waals surface area contributed by atoms with Crippen LogP contribution in [0.1, 0.15) is 56.2 Å². The van der Waals surface area contributed by atoms with Crippen molar-refractivity contribution in [3.8, 4) is 17.2 Å². The average molecular weight is 491 g/mol. The molecule has 1 saturated carbocycles. The summed E-state index contributed by atoms with van der Waals surface area (Å²) in [6, 6.07) is 9.86. The standard InChI is InChI=1S/C25H34N2O6S/c1-17-14-21(34(29,30)27-20-8-6-5-7-9-20)11-13-22(17)33-16-25(28)26-18(2)19-10-12-23(31-3)24(15-19)32-4/h10-15,18,20,27H,5-9,16H2,1-4H3,(H,26,28)/t18-/m1/s1. The minimum atomic E-state index is -3.59. The number of hydrogen-bond donors (Lipinski definition) is 2. The summed E-state index contributed by atoms with van der Waals surface area (Å²) in [4.78, 5) is 12.6. The summed E-state index contributed by atoms with van der Waals surface area (Å²) in [5, 5.41) is 2.89. The van der Waals surface area contributed by atoms with Crippen molar-refractivity contribution >= 4 is 15.9 Å². The lowest BCUT2D eigenvalue weighted by molar-refractivity contribution is -0.123. The molecule has 1 amide bonds. The predicted octanol–water partition coefficient (Wildman–Crippen LogP) is 3.88. The number of benzene rings is 2. The lowest BCUT2D eigenvalue weighted by Crippen LogP contribution is -2.36. The number of ether oxygens (including phenoxy) is 3. The molecule has 0 bridgehead atoms. The number of amides is 1. The highest BCUT2D eigenvalue weighted by molar-refractivity contribution is 7.89. The van der Waals surface area contributed by atoms with Gasteiger partial charge in [0.25, 0.3) is 5.91 Å². The molecule has 0 aliphatic heterocycles. The van der Waals surface area contributed by atoms with Gasteiger partial charge in [-0.05, 0) is 68.1 Å². The van der Waals surface area contributed by atoms with E-state index in [0.717, 1.165) is 37.7 Å². The van der Waals surface area contributed by atoms with Gasteiger partial charge in [-0.15, -0.1) is 0 Å². The molecule has 0 radical (unpaired) electrons. The number of carbonyl (C=O) groups excluding carboxylic acids is 1. The lowest BCUT2D eigenvalue weighted by atomic mass is 9.96. The number of sulfonamides is 1. The third-order valence-electron chi connectivity index (χ3n) is 6.03. The van der Waals surface area contributed by atoms with Gasteiger partial charge in [0.15, 0.2) is 18.1 Å². The van der Waals surface area contributed by atoms with Crippen molar-refractivity contribution in [2.24, 2.45) is 0 Å². The van der Waals surface area contributed by atoms with Crippen LogP contribution in [-0.2, 0) is 14.8 Å². The summed E-state index contributed by atoms with van der Waals surface area (Å²) >= 11 is 0. The molecule has 34 heavy (non-hydrogen) atoms. The number of hydrogen-bond acceptors (Lipinski definition) is 6. The maximum atomic E-state index is 12.7. The highest BCUT2D eigenvalue weighted by atomic mass is 32.2. The van der Waals surface area contributed by atoms with Gasteiger partial charge >= 0.3 is 0 Å². The molecular weight excluding hydrogens is 456 g/mol. The molecule has 186 valence electrons. The maximum absolute atomic E-state index is 12.7. The molecule has 2 N–H and O–H groups in total. The van der Waals surface area contributed by atoms with Crippen LogP contribution < -0.4 is 24.2 Å². The summed E-state index contributed by atoms with van der Waals surface area (Å²) in [6.07, 6.45) is 4.99. The summed E-state index contributed by atoms with van der Waals surface area (Å²) < 4.78 is 44.5. The van der Waals surface area contributed by atoms with Crippen LogP contribution in [0.2, 0.25) is 0 Å². The van der Waals surface area contributed by atoms with E-state index in [1.54, 1.807) is 39.3 Å². The van der Waals surface area contributed by atoms with Gasteiger partial charge in [-0.3, -0.25) is 4.79 Å². The Labute approximate surface area is 202 Å². The molecular formula is C25H34N2O6S. The van der Waals surface area contributed by atoms with Crippen LogP contribution in [0.5, 0.6) is 17.2 Å². The fourth-order valence-electron chi connectivity index (χ4n) is 4.09. The van der Waals surface area contributed by atoms with Crippen molar-refractivity contribution in [3.63, 3.8) is 0 Å². The highest BCUT2D eigenvalue weighted by Gasteiger charge is 2.22. The Hall–Kier alpha value is -2.78. The third-order valence-corrected chi connectivity index (χ3v) is 7.55. The molecule has 2 aromatic carbocycles. The Bertz CT molecular complexity index is 1100. The van der Waals surface area contributed by atoms with Crippen molar-refractivity contribution < 1.29 is 27.4 Å². The van der Waals surface area contributed by atoms with Crippen LogP contribution in [0.4, 0.5) is 0 Å². The van der Waals surface area contributed by atoms with Gasteiger partial charge in [-0.1, -0.05) is 25.3 Å². The fourth-order valence-corrected chi connectivity index (χ4v) is 5.48. The van der Waals surface area contributed by atoms with Crippen LogP contribution in [0.3, 0.4) is 0 Å². The molecule has 0 unspecified atom stereocenters. The van der Waals surface area contributed by atoms with E-state index in [9.17, 15) is 13.2 Å². The Morgan fingerprint density at radius 3 is 2.32 bits per heavy atom. The molecule has 0 aromatic heterocycles. The van der Waals surface area contributed by atoms with E-state index in [4.69, 9.17) is 14.2 Å². The molecule has 1 atom stereocenters. The SMILES string of the molecule is COc1ccc([C@@H](C)NC(=O)COc2ccc(S(=O)(=O)NC3CCCCC3)cc2C)cc1OC. The molecule has 1 aliphatic carbocycles. The second-order valence-corrected chi connectivity index (χ2v) is 10.3. The second-order valence-electron chi connectivity index (χ2n) is 8.58. The molecule has 1 fully saturated rings. The smallest absolute Gasteiger partial charge is 0.258 e. The van der Waals surface area contributed by atoms with Crippen LogP contribution >= 0.6 is 0 Å². The van der Waals surface area contributed by atoms with Gasteiger partial charge in [0.2, 0.25) is 10.0 Å². The quantitative estimate of drug-likeness (QED) is 0.524. The monoisotopic (exact) mass is 490 g/mol. The second kappa shape index (κ2) is 11.6. The van der Waals surface area contributed by atoms with E-state index in [1.165, 1.54) is 6.07 Å². The number of rotatable bonds is 10. The van der Waals surface area contributed by atoms with Gasteiger partial charge in [0.05, 0.1) is 25.2 Å². The Kier molecular flexibility index (Phi) is 8.79. The van der Waals surface area contributed by atoms with Gasteiger partial charge in [0, 0.05) is 6.04 Å². The van der Waals surface area contributed by atoms with Crippen LogP contribution in [0, 0.1) is 6.92 Å². The van der Waals surface area contributed by atoms with Crippen LogP contribution in [0.25, 0.3) is 0 Å². The minimum Gasteiger partial charge on any atom is -0.493 e. The zero-order valence-corrected chi connectivity index (χ0v) is 21.0. The molecule has 2 aromatic rings. The number of methoxy groups -OCH3 is 2. The van der Waals surface area contributed by atoms with Gasteiger partial charge in [-0.25, -0.2) is 13.1 Å². The first kappa shape index (κ1) is 25.8. The van der Waals surface area contributed by atoms with E-state index >= 15 is 0 Å². The minimum absolute atomic E-state index is 0.00802. The van der Waals surface area contributed by atoms with Gasteiger partial charge in [0.1, 0.15) is 5.75 Å². The fraction of sp³-hybridized carbons (Fsp3) is 0.480. The predicted molar refractivity (Wildman–Crippen MR) is 130 cm³/mol. The van der Waals surface area contributed by atoms with Crippen LogP contribution in [0.15, 0.2) is 41.3 Å². The van der Waals surface area contributed by atoms with Crippen LogP contribution in [-0.4, -0.2) is 41.2 Å². The highest BCUT2D eigenvalue weighted by Crippen LogP contribution is 2.30. The van der Waals surface area contributed by atoms with Crippen molar-refractivity contribution in [2.45, 2.75) is 62.9 Å². The van der Waals surface area contributed by atoms with Gasteiger partial charge < -0.3 is 19.5 Å². The number of aryl methyl sites for hydroxylation is 1. The first-order valence-electron chi connectivity index (χ1n) is 11.5. The molecule has 1 aliphatic rings. The Morgan fingerprint density at radius 1 is 1.00 bits per heavy atom. The molecule has 0 heterocycles. The lowest BCUT2D eigenvalue weighted by Gasteiger charge is -2.22. The summed E-state index contributed by atoms with van der Waals surface area (Å²) in [6.45, 7) is 3.44. The van der Waals surface area contributed by atoms with Crippen molar-refractivity contribution in [2.75, 3.05) is 20.8 Å². The van der Waals surface area contributed by atoms with Crippen molar-refractivity contribution in [1.29, 1.82) is 0 Å². The Balaban J connectivity index is 1.57. The van der Waals surface area contributed by atoms with E-state index in [0.29, 0.717) is 22.8 Å². The first-order valence-corrected chi connectivity index (χ1v) is 13.0. The Morgan fingerprint density at radius 2 is 1.68 bits per heavy atom. The molecule has 3 rings (SSSR count). The van der Waals surface area contributed by atoms with Gasteiger partial charge in [-0.2, -0.15) is 0 Å². The zero-order chi connectivity index (χ0) is 24.7. The third kappa shape index (κ3) is 6.64. The van der Waals surface area contributed by atoms with E-state index < -0.39 is 10.0 Å². The van der Waals surface area contributed by atoms with Crippen molar-refractivity contribution in [1.82, 2.24) is 10.0 Å². The average Bonchev–Trinajstić information content (AvgIpc) is 2.83. The van der Waals surface area contributed by atoms with E-state index in [-0.39, 0.29) is 29.5 Å².